The van der Waals surface area contributed by atoms with Crippen LogP contribution in [0.4, 0.5) is 5.13 Å². The first-order chi connectivity index (χ1) is 10.7. The number of thiazole rings is 1. The first kappa shape index (κ1) is 15.6. The van der Waals surface area contributed by atoms with Crippen LogP contribution in [0.1, 0.15) is 18.2 Å². The van der Waals surface area contributed by atoms with Crippen LogP contribution in [0.3, 0.4) is 0 Å². The number of hydrogen-bond donors (Lipinski definition) is 2. The molecule has 1 saturated heterocycles. The fourth-order valence-corrected chi connectivity index (χ4v) is 4.00. The van der Waals surface area contributed by atoms with Crippen LogP contribution in [-0.2, 0) is 16.0 Å². The molecule has 1 fully saturated rings. The minimum absolute atomic E-state index is 0.0238. The molecule has 1 unspecified atom stereocenters. The summed E-state index contributed by atoms with van der Waals surface area (Å²) in [5.74, 6) is -0.0238. The van der Waals surface area contributed by atoms with E-state index in [4.69, 9.17) is 4.74 Å². The Balaban J connectivity index is 1.57. The number of carbonyl (C=O) groups excluding carboxylic acids is 1. The van der Waals surface area contributed by atoms with Crippen molar-refractivity contribution in [3.05, 3.63) is 22.4 Å². The molecule has 7 heteroatoms. The van der Waals surface area contributed by atoms with Gasteiger partial charge in [0, 0.05) is 29.3 Å². The van der Waals surface area contributed by atoms with Gasteiger partial charge in [-0.15, -0.1) is 22.7 Å². The second-order valence-corrected chi connectivity index (χ2v) is 7.16. The second kappa shape index (κ2) is 7.32. The second-order valence-electron chi connectivity index (χ2n) is 5.14. The standard InChI is InChI=1S/C15H19N3O2S2/c1-2-11-3-4-13(22-11)12-9-21-15(17-12)18-14(19)7-10-8-20-6-5-16-10/h3-4,9-10,16H,2,5-8H2,1H3,(H,17,18,19). The largest absolute Gasteiger partial charge is 0.378 e. The molecular weight excluding hydrogens is 318 g/mol. The maximum atomic E-state index is 12.0. The average Bonchev–Trinajstić information content (AvgIpc) is 3.16. The van der Waals surface area contributed by atoms with Crippen molar-refractivity contribution in [3.8, 4) is 10.6 Å². The van der Waals surface area contributed by atoms with Crippen LogP contribution in [0.5, 0.6) is 0 Å². The van der Waals surface area contributed by atoms with Gasteiger partial charge in [0.15, 0.2) is 5.13 Å². The summed E-state index contributed by atoms with van der Waals surface area (Å²) in [5, 5.41) is 8.80. The van der Waals surface area contributed by atoms with Crippen LogP contribution in [-0.4, -0.2) is 36.7 Å². The van der Waals surface area contributed by atoms with Gasteiger partial charge in [-0.3, -0.25) is 4.79 Å². The molecule has 2 aromatic heterocycles. The lowest BCUT2D eigenvalue weighted by molar-refractivity contribution is -0.117. The fourth-order valence-electron chi connectivity index (χ4n) is 2.29. The Morgan fingerprint density at radius 2 is 2.45 bits per heavy atom. The van der Waals surface area contributed by atoms with Crippen molar-refractivity contribution < 1.29 is 9.53 Å². The van der Waals surface area contributed by atoms with E-state index in [-0.39, 0.29) is 11.9 Å². The van der Waals surface area contributed by atoms with Gasteiger partial charge in [-0.1, -0.05) is 6.92 Å². The van der Waals surface area contributed by atoms with Gasteiger partial charge >= 0.3 is 0 Å². The van der Waals surface area contributed by atoms with Crippen molar-refractivity contribution in [2.45, 2.75) is 25.8 Å². The molecule has 1 aliphatic heterocycles. The van der Waals surface area contributed by atoms with Gasteiger partial charge in [0.1, 0.15) is 0 Å². The summed E-state index contributed by atoms with van der Waals surface area (Å²) in [5.41, 5.74) is 0.934. The summed E-state index contributed by atoms with van der Waals surface area (Å²) in [6, 6.07) is 4.32. The first-order valence-corrected chi connectivity index (χ1v) is 9.10. The Bertz CT molecular complexity index is 632. The third kappa shape index (κ3) is 3.92. The number of aryl methyl sites for hydroxylation is 1. The summed E-state index contributed by atoms with van der Waals surface area (Å²) in [7, 11) is 0. The van der Waals surface area contributed by atoms with Gasteiger partial charge in [0.2, 0.25) is 5.91 Å². The molecule has 0 spiro atoms. The summed E-state index contributed by atoms with van der Waals surface area (Å²) in [6.45, 7) is 4.25. The van der Waals surface area contributed by atoms with Gasteiger partial charge in [-0.25, -0.2) is 4.98 Å². The average molecular weight is 337 g/mol. The number of amides is 1. The number of ether oxygens (including phenoxy) is 1. The topological polar surface area (TPSA) is 63.2 Å². The van der Waals surface area contributed by atoms with E-state index in [0.717, 1.165) is 23.5 Å². The zero-order valence-corrected chi connectivity index (χ0v) is 14.1. The number of nitrogens with one attached hydrogen (secondary N) is 2. The highest BCUT2D eigenvalue weighted by molar-refractivity contribution is 7.17. The number of anilines is 1. The van der Waals surface area contributed by atoms with Gasteiger partial charge < -0.3 is 15.4 Å². The van der Waals surface area contributed by atoms with E-state index in [1.165, 1.54) is 16.2 Å². The fraction of sp³-hybridized carbons (Fsp3) is 0.467. The highest BCUT2D eigenvalue weighted by Crippen LogP contribution is 2.31. The van der Waals surface area contributed by atoms with E-state index < -0.39 is 0 Å². The molecule has 0 aromatic carbocycles. The number of rotatable bonds is 5. The van der Waals surface area contributed by atoms with Gasteiger partial charge in [0.25, 0.3) is 0 Å². The summed E-state index contributed by atoms with van der Waals surface area (Å²) < 4.78 is 5.35. The molecule has 5 nitrogen and oxygen atoms in total. The predicted octanol–water partition coefficient (Wildman–Crippen LogP) is 2.75. The van der Waals surface area contributed by atoms with E-state index in [9.17, 15) is 4.79 Å². The van der Waals surface area contributed by atoms with Crippen molar-refractivity contribution in [3.63, 3.8) is 0 Å². The Morgan fingerprint density at radius 1 is 1.55 bits per heavy atom. The van der Waals surface area contributed by atoms with Gasteiger partial charge in [-0.05, 0) is 18.6 Å². The third-order valence-corrected chi connectivity index (χ3v) is 5.45. The highest BCUT2D eigenvalue weighted by atomic mass is 32.1. The minimum atomic E-state index is -0.0238. The summed E-state index contributed by atoms with van der Waals surface area (Å²) in [4.78, 5) is 19.0. The zero-order chi connectivity index (χ0) is 15.4. The maximum absolute atomic E-state index is 12.0. The number of morpholine rings is 1. The molecule has 0 saturated carbocycles. The van der Waals surface area contributed by atoms with Crippen LogP contribution in [0, 0.1) is 0 Å². The van der Waals surface area contributed by atoms with Crippen molar-refractivity contribution in [2.24, 2.45) is 0 Å². The SMILES string of the molecule is CCc1ccc(-c2csc(NC(=O)CC3COCCN3)n2)s1. The number of nitrogens with zero attached hydrogens (tertiary/aromatic N) is 1. The molecule has 1 aliphatic rings. The normalized spacial score (nSPS) is 18.3. The van der Waals surface area contributed by atoms with Crippen molar-refractivity contribution in [1.29, 1.82) is 0 Å². The molecule has 3 rings (SSSR count). The zero-order valence-electron chi connectivity index (χ0n) is 12.4. The molecule has 2 N–H and O–H groups in total. The Hall–Kier alpha value is -1.28. The van der Waals surface area contributed by atoms with Gasteiger partial charge in [-0.2, -0.15) is 0 Å². The van der Waals surface area contributed by atoms with Crippen LogP contribution < -0.4 is 10.6 Å². The molecule has 22 heavy (non-hydrogen) atoms. The molecule has 1 amide bonds. The number of aromatic nitrogens is 1. The first-order valence-electron chi connectivity index (χ1n) is 7.40. The molecule has 0 radical (unpaired) electrons. The molecule has 2 aromatic rings. The number of carbonyl (C=O) groups is 1. The van der Waals surface area contributed by atoms with Crippen LogP contribution >= 0.6 is 22.7 Å². The Kier molecular flexibility index (Phi) is 5.20. The predicted molar refractivity (Wildman–Crippen MR) is 90.7 cm³/mol. The van der Waals surface area contributed by atoms with Crippen molar-refractivity contribution in [1.82, 2.24) is 10.3 Å². The highest BCUT2D eigenvalue weighted by Gasteiger charge is 2.17. The molecular formula is C15H19N3O2S2. The van der Waals surface area contributed by atoms with Gasteiger partial charge in [0.05, 0.1) is 23.8 Å². The third-order valence-electron chi connectivity index (χ3n) is 3.44. The smallest absolute Gasteiger partial charge is 0.227 e. The summed E-state index contributed by atoms with van der Waals surface area (Å²) in [6.07, 6.45) is 1.45. The number of hydrogen-bond acceptors (Lipinski definition) is 6. The van der Waals surface area contributed by atoms with Crippen LogP contribution in [0.2, 0.25) is 0 Å². The molecule has 1 atom stereocenters. The maximum Gasteiger partial charge on any atom is 0.227 e. The number of thiophene rings is 1. The molecule has 0 bridgehead atoms. The Labute approximate surface area is 137 Å². The van der Waals surface area contributed by atoms with E-state index in [0.29, 0.717) is 24.8 Å². The Morgan fingerprint density at radius 3 is 3.18 bits per heavy atom. The van der Waals surface area contributed by atoms with E-state index >= 15 is 0 Å². The lowest BCUT2D eigenvalue weighted by Gasteiger charge is -2.22. The molecule has 0 aliphatic carbocycles. The molecule has 3 heterocycles. The van der Waals surface area contributed by atoms with E-state index in [1.807, 2.05) is 5.38 Å². The van der Waals surface area contributed by atoms with Crippen LogP contribution in [0.15, 0.2) is 17.5 Å². The van der Waals surface area contributed by atoms with E-state index in [2.05, 4.69) is 34.7 Å². The minimum Gasteiger partial charge on any atom is -0.378 e. The summed E-state index contributed by atoms with van der Waals surface area (Å²) >= 11 is 3.22. The van der Waals surface area contributed by atoms with Crippen LogP contribution in [0.25, 0.3) is 10.6 Å². The lowest BCUT2D eigenvalue weighted by Crippen LogP contribution is -2.43. The molecule has 118 valence electrons. The lowest BCUT2D eigenvalue weighted by atomic mass is 10.2. The van der Waals surface area contributed by atoms with Crippen molar-refractivity contribution in [2.75, 3.05) is 25.1 Å². The van der Waals surface area contributed by atoms with E-state index in [1.54, 1.807) is 11.3 Å². The van der Waals surface area contributed by atoms with Crippen molar-refractivity contribution >= 4 is 33.7 Å². The monoisotopic (exact) mass is 337 g/mol. The quantitative estimate of drug-likeness (QED) is 0.881.